The largest absolute Gasteiger partial charge is 0.451 e. The number of hydrogen-bond donors (Lipinski definition) is 2. The van der Waals surface area contributed by atoms with Crippen molar-refractivity contribution in [3.8, 4) is 0 Å². The minimum Gasteiger partial charge on any atom is -0.451 e. The molecule has 0 atom stereocenters. The molecule has 5 nitrogen and oxygen atoms in total. The second-order valence-corrected chi connectivity index (χ2v) is 5.23. The Morgan fingerprint density at radius 3 is 2.78 bits per heavy atom. The van der Waals surface area contributed by atoms with Crippen LogP contribution in [0.1, 0.15) is 29.9 Å². The molecule has 6 heteroatoms. The van der Waals surface area contributed by atoms with E-state index in [0.717, 1.165) is 6.42 Å². The monoisotopic (exact) mass is 270 g/mol. The number of esters is 1. The Morgan fingerprint density at radius 1 is 1.50 bits per heavy atom. The van der Waals surface area contributed by atoms with Crippen LogP contribution in [0.4, 0.5) is 5.69 Å². The van der Waals surface area contributed by atoms with Gasteiger partial charge in [-0.3, -0.25) is 4.79 Å². The van der Waals surface area contributed by atoms with Crippen molar-refractivity contribution in [3.63, 3.8) is 0 Å². The Balaban J connectivity index is 2.26. The first kappa shape index (κ1) is 14.5. The summed E-state index contributed by atoms with van der Waals surface area (Å²) in [5.74, 6) is -0.320. The van der Waals surface area contributed by atoms with E-state index in [2.05, 4.69) is 19.2 Å². The smallest absolute Gasteiger partial charge is 0.350 e. The summed E-state index contributed by atoms with van der Waals surface area (Å²) in [6, 6.07) is 1.63. The van der Waals surface area contributed by atoms with Crippen molar-refractivity contribution < 1.29 is 14.3 Å². The highest BCUT2D eigenvalue weighted by Crippen LogP contribution is 2.19. The number of hydrogen-bond acceptors (Lipinski definition) is 5. The number of carbonyl (C=O) groups excluding carboxylic acids is 2. The van der Waals surface area contributed by atoms with Crippen LogP contribution in [0, 0.1) is 5.92 Å². The van der Waals surface area contributed by atoms with E-state index in [4.69, 9.17) is 10.5 Å². The van der Waals surface area contributed by atoms with Crippen molar-refractivity contribution in [3.05, 3.63) is 16.3 Å². The predicted molar refractivity (Wildman–Crippen MR) is 71.5 cm³/mol. The van der Waals surface area contributed by atoms with Crippen LogP contribution in [0.3, 0.4) is 0 Å². The summed E-state index contributed by atoms with van der Waals surface area (Å²) in [5.41, 5.74) is 5.95. The Hall–Kier alpha value is -1.56. The van der Waals surface area contributed by atoms with Gasteiger partial charge in [0.1, 0.15) is 4.88 Å². The number of carbonyl (C=O) groups is 2. The summed E-state index contributed by atoms with van der Waals surface area (Å²) in [7, 11) is 0. The fourth-order valence-corrected chi connectivity index (χ4v) is 1.94. The number of thiophene rings is 1. The van der Waals surface area contributed by atoms with E-state index >= 15 is 0 Å². The first-order valence-corrected chi connectivity index (χ1v) is 6.65. The van der Waals surface area contributed by atoms with Crippen LogP contribution in [0.2, 0.25) is 0 Å². The number of ether oxygens (including phenoxy) is 1. The molecular formula is C12H18N2O3S. The molecule has 0 aromatic carbocycles. The number of nitrogens with two attached hydrogens (primary N) is 1. The molecule has 0 aliphatic heterocycles. The van der Waals surface area contributed by atoms with Crippen LogP contribution in [0.15, 0.2) is 11.4 Å². The molecule has 3 N–H and O–H groups in total. The number of anilines is 1. The van der Waals surface area contributed by atoms with Crippen LogP contribution < -0.4 is 11.1 Å². The van der Waals surface area contributed by atoms with Crippen LogP contribution in [-0.2, 0) is 9.53 Å². The fraction of sp³-hybridized carbons (Fsp3) is 0.500. The molecule has 1 amide bonds. The predicted octanol–water partition coefficient (Wildman–Crippen LogP) is 1.65. The lowest BCUT2D eigenvalue weighted by Crippen LogP contribution is -2.30. The Bertz CT molecular complexity index is 415. The van der Waals surface area contributed by atoms with Gasteiger partial charge in [-0.15, -0.1) is 11.3 Å². The first-order chi connectivity index (χ1) is 8.50. The quantitative estimate of drug-likeness (QED) is 0.770. The molecule has 0 aliphatic carbocycles. The van der Waals surface area contributed by atoms with Gasteiger partial charge in [0, 0.05) is 6.54 Å². The zero-order valence-electron chi connectivity index (χ0n) is 10.6. The molecule has 0 aliphatic rings. The molecule has 1 heterocycles. The van der Waals surface area contributed by atoms with Crippen molar-refractivity contribution in [2.24, 2.45) is 5.92 Å². The van der Waals surface area contributed by atoms with Crippen molar-refractivity contribution in [1.82, 2.24) is 5.32 Å². The fourth-order valence-electron chi connectivity index (χ4n) is 1.23. The molecule has 0 saturated carbocycles. The topological polar surface area (TPSA) is 81.4 Å². The normalized spacial score (nSPS) is 10.4. The zero-order valence-corrected chi connectivity index (χ0v) is 11.4. The van der Waals surface area contributed by atoms with Gasteiger partial charge >= 0.3 is 5.97 Å². The minimum absolute atomic E-state index is 0.270. The molecule has 0 unspecified atom stereocenters. The van der Waals surface area contributed by atoms with E-state index in [1.54, 1.807) is 11.4 Å². The Kier molecular flexibility index (Phi) is 5.64. The van der Waals surface area contributed by atoms with Crippen LogP contribution in [-0.4, -0.2) is 25.0 Å². The summed E-state index contributed by atoms with van der Waals surface area (Å²) in [5, 5.41) is 4.39. The number of amides is 1. The van der Waals surface area contributed by atoms with Gasteiger partial charge in [0.05, 0.1) is 5.69 Å². The maximum Gasteiger partial charge on any atom is 0.350 e. The van der Waals surface area contributed by atoms with Crippen LogP contribution in [0.25, 0.3) is 0 Å². The third-order valence-electron chi connectivity index (χ3n) is 2.26. The van der Waals surface area contributed by atoms with Crippen molar-refractivity contribution in [2.75, 3.05) is 18.9 Å². The molecule has 100 valence electrons. The number of nitrogen functional groups attached to an aromatic ring is 1. The SMILES string of the molecule is CC(C)CCNC(=O)COC(=O)c1sccc1N. The van der Waals surface area contributed by atoms with Crippen molar-refractivity contribution >= 4 is 28.9 Å². The van der Waals surface area contributed by atoms with Gasteiger partial charge in [-0.05, 0) is 23.8 Å². The summed E-state index contributed by atoms with van der Waals surface area (Å²) >= 11 is 1.20. The maximum absolute atomic E-state index is 11.5. The van der Waals surface area contributed by atoms with E-state index in [0.29, 0.717) is 23.0 Å². The standard InChI is InChI=1S/C12H18N2O3S/c1-8(2)3-5-14-10(15)7-17-12(16)11-9(13)4-6-18-11/h4,6,8H,3,5,7,13H2,1-2H3,(H,14,15). The van der Waals surface area contributed by atoms with Gasteiger partial charge < -0.3 is 15.8 Å². The molecule has 0 fully saturated rings. The average Bonchev–Trinajstić information content (AvgIpc) is 2.72. The highest BCUT2D eigenvalue weighted by Gasteiger charge is 2.14. The number of nitrogens with one attached hydrogen (secondary N) is 1. The molecule has 0 bridgehead atoms. The van der Waals surface area contributed by atoms with Gasteiger partial charge in [-0.2, -0.15) is 0 Å². The van der Waals surface area contributed by atoms with Crippen LogP contribution >= 0.6 is 11.3 Å². The van der Waals surface area contributed by atoms with Gasteiger partial charge in [-0.25, -0.2) is 4.79 Å². The highest BCUT2D eigenvalue weighted by molar-refractivity contribution is 7.12. The summed E-state index contributed by atoms with van der Waals surface area (Å²) in [6.45, 7) is 4.47. The second-order valence-electron chi connectivity index (χ2n) is 4.31. The molecule has 0 saturated heterocycles. The third kappa shape index (κ3) is 4.75. The molecule has 0 spiro atoms. The lowest BCUT2D eigenvalue weighted by Gasteiger charge is -2.07. The molecular weight excluding hydrogens is 252 g/mol. The van der Waals surface area contributed by atoms with E-state index in [1.807, 2.05) is 0 Å². The van der Waals surface area contributed by atoms with Crippen LogP contribution in [0.5, 0.6) is 0 Å². The summed E-state index contributed by atoms with van der Waals surface area (Å²) < 4.78 is 4.87. The molecule has 1 rings (SSSR count). The third-order valence-corrected chi connectivity index (χ3v) is 3.17. The lowest BCUT2D eigenvalue weighted by molar-refractivity contribution is -0.124. The van der Waals surface area contributed by atoms with Gasteiger partial charge in [0.2, 0.25) is 0 Å². The minimum atomic E-state index is -0.554. The van der Waals surface area contributed by atoms with Gasteiger partial charge in [-0.1, -0.05) is 13.8 Å². The summed E-state index contributed by atoms with van der Waals surface area (Å²) in [4.78, 5) is 23.2. The van der Waals surface area contributed by atoms with E-state index < -0.39 is 5.97 Å². The molecule has 18 heavy (non-hydrogen) atoms. The van der Waals surface area contributed by atoms with E-state index in [9.17, 15) is 9.59 Å². The molecule has 1 aromatic heterocycles. The first-order valence-electron chi connectivity index (χ1n) is 5.77. The average molecular weight is 270 g/mol. The maximum atomic E-state index is 11.5. The van der Waals surface area contributed by atoms with Crippen molar-refractivity contribution in [1.29, 1.82) is 0 Å². The van der Waals surface area contributed by atoms with E-state index in [-0.39, 0.29) is 12.5 Å². The Morgan fingerprint density at radius 2 is 2.22 bits per heavy atom. The zero-order chi connectivity index (χ0) is 13.5. The summed E-state index contributed by atoms with van der Waals surface area (Å²) in [6.07, 6.45) is 0.900. The van der Waals surface area contributed by atoms with Crippen molar-refractivity contribution in [2.45, 2.75) is 20.3 Å². The van der Waals surface area contributed by atoms with E-state index in [1.165, 1.54) is 11.3 Å². The van der Waals surface area contributed by atoms with Gasteiger partial charge in [0.15, 0.2) is 6.61 Å². The Labute approximate surface area is 110 Å². The second kappa shape index (κ2) is 7.00. The highest BCUT2D eigenvalue weighted by atomic mass is 32.1. The number of rotatable bonds is 6. The molecule has 1 aromatic rings. The van der Waals surface area contributed by atoms with Gasteiger partial charge in [0.25, 0.3) is 5.91 Å². The molecule has 0 radical (unpaired) electrons. The lowest BCUT2D eigenvalue weighted by atomic mass is 10.1.